The molecular formula is C13H7Cl2NO3. The lowest BCUT2D eigenvalue weighted by Gasteiger charge is -2.05. The van der Waals surface area contributed by atoms with Crippen LogP contribution in [-0.2, 0) is 0 Å². The number of aliphatic hydroxyl groups excluding tert-OH is 1. The van der Waals surface area contributed by atoms with Crippen LogP contribution in [0.5, 0.6) is 0 Å². The first-order chi connectivity index (χ1) is 8.99. The van der Waals surface area contributed by atoms with Crippen LogP contribution in [0.4, 0.5) is 5.69 Å². The third-order valence-corrected chi connectivity index (χ3v) is 3.63. The Labute approximate surface area is 118 Å². The fraction of sp³-hybridized carbons (Fsp3) is 0.0769. The second-order valence-electron chi connectivity index (χ2n) is 4.28. The van der Waals surface area contributed by atoms with Crippen molar-refractivity contribution in [1.82, 2.24) is 0 Å². The highest BCUT2D eigenvalue weighted by Crippen LogP contribution is 2.49. The average molecular weight is 296 g/mol. The van der Waals surface area contributed by atoms with Crippen LogP contribution >= 0.6 is 23.2 Å². The summed E-state index contributed by atoms with van der Waals surface area (Å²) in [5.41, 5.74) is 1.93. The molecule has 1 N–H and O–H groups in total. The van der Waals surface area contributed by atoms with Crippen molar-refractivity contribution >= 4 is 28.9 Å². The quantitative estimate of drug-likeness (QED) is 0.640. The third-order valence-electron chi connectivity index (χ3n) is 3.18. The lowest BCUT2D eigenvalue weighted by molar-refractivity contribution is -0.384. The second-order valence-corrected chi connectivity index (χ2v) is 5.15. The summed E-state index contributed by atoms with van der Waals surface area (Å²) in [7, 11) is 0. The van der Waals surface area contributed by atoms with E-state index in [0.29, 0.717) is 27.3 Å². The molecule has 1 atom stereocenters. The Kier molecular flexibility index (Phi) is 2.74. The fourth-order valence-electron chi connectivity index (χ4n) is 2.42. The SMILES string of the molecule is O=[N+]([O-])c1cc(Cl)cc2c1-c1ccc(Cl)cc1[C@H]2O. The van der Waals surface area contributed by atoms with Crippen LogP contribution in [0.25, 0.3) is 11.1 Å². The van der Waals surface area contributed by atoms with E-state index >= 15 is 0 Å². The number of fused-ring (bicyclic) bond motifs is 3. The molecule has 2 aromatic carbocycles. The normalized spacial score (nSPS) is 16.1. The highest BCUT2D eigenvalue weighted by atomic mass is 35.5. The van der Waals surface area contributed by atoms with Crippen molar-refractivity contribution in [2.75, 3.05) is 0 Å². The number of hydrogen-bond acceptors (Lipinski definition) is 3. The van der Waals surface area contributed by atoms with Gasteiger partial charge in [0.15, 0.2) is 0 Å². The summed E-state index contributed by atoms with van der Waals surface area (Å²) in [6, 6.07) is 7.76. The van der Waals surface area contributed by atoms with E-state index < -0.39 is 11.0 Å². The Morgan fingerprint density at radius 3 is 2.47 bits per heavy atom. The predicted molar refractivity (Wildman–Crippen MR) is 72.6 cm³/mol. The minimum atomic E-state index is -0.943. The number of aliphatic hydroxyl groups is 1. The maximum Gasteiger partial charge on any atom is 0.279 e. The van der Waals surface area contributed by atoms with Gasteiger partial charge in [0.2, 0.25) is 0 Å². The van der Waals surface area contributed by atoms with E-state index in [-0.39, 0.29) is 10.7 Å². The molecule has 1 aliphatic rings. The van der Waals surface area contributed by atoms with E-state index in [9.17, 15) is 15.2 Å². The molecule has 0 bridgehead atoms. The molecule has 0 unspecified atom stereocenters. The molecule has 0 amide bonds. The van der Waals surface area contributed by atoms with Gasteiger partial charge in [-0.3, -0.25) is 10.1 Å². The first-order valence-electron chi connectivity index (χ1n) is 5.45. The van der Waals surface area contributed by atoms with Crippen LogP contribution in [0.15, 0.2) is 30.3 Å². The van der Waals surface area contributed by atoms with E-state index in [2.05, 4.69) is 0 Å². The highest BCUT2D eigenvalue weighted by Gasteiger charge is 2.33. The van der Waals surface area contributed by atoms with Gasteiger partial charge in [-0.25, -0.2) is 0 Å². The number of nitro groups is 1. The van der Waals surface area contributed by atoms with Gasteiger partial charge in [-0.1, -0.05) is 29.3 Å². The number of nitrogens with zero attached hydrogens (tertiary/aromatic N) is 1. The summed E-state index contributed by atoms with van der Waals surface area (Å²) in [4.78, 5) is 10.6. The van der Waals surface area contributed by atoms with E-state index in [1.807, 2.05) is 0 Å². The van der Waals surface area contributed by atoms with Crippen LogP contribution in [0, 0.1) is 10.1 Å². The molecular weight excluding hydrogens is 289 g/mol. The molecule has 3 rings (SSSR count). The topological polar surface area (TPSA) is 63.4 Å². The first-order valence-corrected chi connectivity index (χ1v) is 6.20. The van der Waals surface area contributed by atoms with Crippen molar-refractivity contribution in [2.45, 2.75) is 6.10 Å². The summed E-state index contributed by atoms with van der Waals surface area (Å²) >= 11 is 11.8. The molecule has 0 saturated carbocycles. The zero-order chi connectivity index (χ0) is 13.7. The van der Waals surface area contributed by atoms with Gasteiger partial charge < -0.3 is 5.11 Å². The van der Waals surface area contributed by atoms with Gasteiger partial charge in [-0.05, 0) is 29.3 Å². The summed E-state index contributed by atoms with van der Waals surface area (Å²) in [5, 5.41) is 22.1. The van der Waals surface area contributed by atoms with Crippen molar-refractivity contribution in [3.8, 4) is 11.1 Å². The number of benzene rings is 2. The third kappa shape index (κ3) is 1.80. The van der Waals surface area contributed by atoms with Crippen LogP contribution in [0.1, 0.15) is 17.2 Å². The van der Waals surface area contributed by atoms with Crippen molar-refractivity contribution in [3.63, 3.8) is 0 Å². The zero-order valence-electron chi connectivity index (χ0n) is 9.43. The second kappa shape index (κ2) is 4.20. The fourth-order valence-corrected chi connectivity index (χ4v) is 2.82. The maximum atomic E-state index is 11.1. The van der Waals surface area contributed by atoms with E-state index in [4.69, 9.17) is 23.2 Å². The Balaban J connectivity index is 2.38. The zero-order valence-corrected chi connectivity index (χ0v) is 10.9. The van der Waals surface area contributed by atoms with Gasteiger partial charge in [0.25, 0.3) is 5.69 Å². The molecule has 0 aromatic heterocycles. The first kappa shape index (κ1) is 12.4. The molecule has 4 nitrogen and oxygen atoms in total. The number of hydrogen-bond donors (Lipinski definition) is 1. The molecule has 0 spiro atoms. The molecule has 6 heteroatoms. The van der Waals surface area contributed by atoms with E-state index in [0.717, 1.165) is 0 Å². The summed E-state index contributed by atoms with van der Waals surface area (Å²) in [6.45, 7) is 0. The molecule has 96 valence electrons. The van der Waals surface area contributed by atoms with Gasteiger partial charge in [-0.2, -0.15) is 0 Å². The van der Waals surface area contributed by atoms with Crippen LogP contribution in [0.2, 0.25) is 10.0 Å². The summed E-state index contributed by atoms with van der Waals surface area (Å²) < 4.78 is 0. The molecule has 19 heavy (non-hydrogen) atoms. The van der Waals surface area contributed by atoms with Crippen molar-refractivity contribution in [1.29, 1.82) is 0 Å². The Bertz CT molecular complexity index is 715. The Hall–Kier alpha value is -1.62. The lowest BCUT2D eigenvalue weighted by atomic mass is 10.0. The summed E-state index contributed by atoms with van der Waals surface area (Å²) in [5.74, 6) is 0. The Morgan fingerprint density at radius 1 is 1.11 bits per heavy atom. The van der Waals surface area contributed by atoms with E-state index in [1.165, 1.54) is 6.07 Å². The molecule has 1 aliphatic carbocycles. The standard InChI is InChI=1S/C13H7Cl2NO3/c14-6-1-2-8-9(3-6)13(17)10-4-7(15)5-11(12(8)10)16(18)19/h1-5,13,17H/t13-/m1/s1. The van der Waals surface area contributed by atoms with Gasteiger partial charge in [0, 0.05) is 21.7 Å². The molecule has 0 radical (unpaired) electrons. The van der Waals surface area contributed by atoms with Crippen LogP contribution in [-0.4, -0.2) is 10.0 Å². The highest BCUT2D eigenvalue weighted by molar-refractivity contribution is 6.31. The van der Waals surface area contributed by atoms with Crippen LogP contribution in [0.3, 0.4) is 0 Å². The van der Waals surface area contributed by atoms with Gasteiger partial charge in [-0.15, -0.1) is 0 Å². The lowest BCUT2D eigenvalue weighted by Crippen LogP contribution is -1.96. The van der Waals surface area contributed by atoms with Crippen molar-refractivity contribution in [3.05, 3.63) is 61.6 Å². The average Bonchev–Trinajstić information content (AvgIpc) is 2.62. The van der Waals surface area contributed by atoms with Gasteiger partial charge in [0.1, 0.15) is 6.10 Å². The van der Waals surface area contributed by atoms with E-state index in [1.54, 1.807) is 24.3 Å². The molecule has 0 heterocycles. The molecule has 0 aliphatic heterocycles. The summed E-state index contributed by atoms with van der Waals surface area (Å²) in [6.07, 6.45) is -0.943. The largest absolute Gasteiger partial charge is 0.384 e. The predicted octanol–water partition coefficient (Wildman–Crippen LogP) is 3.96. The number of halogens is 2. The Morgan fingerprint density at radius 2 is 1.79 bits per heavy atom. The van der Waals surface area contributed by atoms with Gasteiger partial charge in [0.05, 0.1) is 10.5 Å². The number of nitro benzene ring substituents is 1. The van der Waals surface area contributed by atoms with Gasteiger partial charge >= 0.3 is 0 Å². The smallest absolute Gasteiger partial charge is 0.279 e. The monoisotopic (exact) mass is 295 g/mol. The molecule has 2 aromatic rings. The molecule has 0 saturated heterocycles. The minimum absolute atomic E-state index is 0.109. The minimum Gasteiger partial charge on any atom is -0.384 e. The van der Waals surface area contributed by atoms with Crippen molar-refractivity contribution < 1.29 is 10.0 Å². The number of rotatable bonds is 1. The molecule has 0 fully saturated rings. The van der Waals surface area contributed by atoms with Crippen LogP contribution < -0.4 is 0 Å². The van der Waals surface area contributed by atoms with Crippen molar-refractivity contribution in [2.24, 2.45) is 0 Å². The maximum absolute atomic E-state index is 11.1.